The van der Waals surface area contributed by atoms with Crippen molar-refractivity contribution in [3.63, 3.8) is 0 Å². The molecule has 0 saturated heterocycles. The van der Waals surface area contributed by atoms with Crippen LogP contribution >= 0.6 is 0 Å². The first-order valence-electron chi connectivity index (χ1n) is 5.92. The van der Waals surface area contributed by atoms with E-state index in [2.05, 4.69) is 0 Å². The van der Waals surface area contributed by atoms with Gasteiger partial charge in [-0.25, -0.2) is 4.39 Å². The molecule has 1 aromatic rings. The molecule has 0 saturated carbocycles. The standard InChI is InChI=1S/C14H21FO3/c1-9(16)6-10-7-11(14(2,3)15)13(18-5)12(8-10)17-4/h7-9,16H,6H2,1-5H3. The van der Waals surface area contributed by atoms with Gasteiger partial charge in [0.15, 0.2) is 11.5 Å². The summed E-state index contributed by atoms with van der Waals surface area (Å²) in [6.45, 7) is 4.63. The molecular weight excluding hydrogens is 235 g/mol. The molecule has 18 heavy (non-hydrogen) atoms. The van der Waals surface area contributed by atoms with Crippen LogP contribution in [0.15, 0.2) is 12.1 Å². The molecule has 0 aliphatic heterocycles. The lowest BCUT2D eigenvalue weighted by atomic mass is 9.94. The van der Waals surface area contributed by atoms with Crippen molar-refractivity contribution in [2.75, 3.05) is 14.2 Å². The van der Waals surface area contributed by atoms with Crippen LogP contribution in [0.4, 0.5) is 4.39 Å². The topological polar surface area (TPSA) is 38.7 Å². The van der Waals surface area contributed by atoms with Crippen molar-refractivity contribution >= 4 is 0 Å². The Bertz CT molecular complexity index is 408. The highest BCUT2D eigenvalue weighted by molar-refractivity contribution is 5.51. The Morgan fingerprint density at radius 2 is 1.89 bits per heavy atom. The lowest BCUT2D eigenvalue weighted by molar-refractivity contribution is 0.193. The van der Waals surface area contributed by atoms with Crippen LogP contribution in [0, 0.1) is 0 Å². The predicted octanol–water partition coefficient (Wildman–Crippen LogP) is 2.83. The van der Waals surface area contributed by atoms with Crippen molar-refractivity contribution < 1.29 is 19.0 Å². The second kappa shape index (κ2) is 5.57. The minimum atomic E-state index is -1.53. The smallest absolute Gasteiger partial charge is 0.167 e. The third-order valence-corrected chi connectivity index (χ3v) is 2.71. The molecule has 0 aromatic heterocycles. The summed E-state index contributed by atoms with van der Waals surface area (Å²) in [7, 11) is 3.00. The number of ether oxygens (including phenoxy) is 2. The Morgan fingerprint density at radius 3 is 2.28 bits per heavy atom. The summed E-state index contributed by atoms with van der Waals surface area (Å²) in [4.78, 5) is 0. The zero-order valence-electron chi connectivity index (χ0n) is 11.6. The van der Waals surface area contributed by atoms with Gasteiger partial charge in [-0.3, -0.25) is 0 Å². The fraction of sp³-hybridized carbons (Fsp3) is 0.571. The van der Waals surface area contributed by atoms with E-state index in [-0.39, 0.29) is 0 Å². The van der Waals surface area contributed by atoms with Crippen molar-refractivity contribution in [1.82, 2.24) is 0 Å². The number of aliphatic hydroxyl groups is 1. The average molecular weight is 256 g/mol. The lowest BCUT2D eigenvalue weighted by Gasteiger charge is -2.22. The van der Waals surface area contributed by atoms with Crippen LogP contribution in [0.3, 0.4) is 0 Å². The number of benzene rings is 1. The Balaban J connectivity index is 3.36. The molecule has 102 valence electrons. The van der Waals surface area contributed by atoms with Gasteiger partial charge in [-0.05, 0) is 44.9 Å². The minimum Gasteiger partial charge on any atom is -0.493 e. The zero-order chi connectivity index (χ0) is 13.9. The number of aliphatic hydroxyl groups excluding tert-OH is 1. The fourth-order valence-electron chi connectivity index (χ4n) is 1.92. The molecule has 0 fully saturated rings. The molecule has 0 amide bonds. The van der Waals surface area contributed by atoms with Gasteiger partial charge in [0, 0.05) is 5.56 Å². The molecule has 0 aliphatic rings. The van der Waals surface area contributed by atoms with Crippen molar-refractivity contribution in [3.05, 3.63) is 23.3 Å². The van der Waals surface area contributed by atoms with Gasteiger partial charge < -0.3 is 14.6 Å². The van der Waals surface area contributed by atoms with Crippen LogP contribution in [0.2, 0.25) is 0 Å². The molecule has 0 heterocycles. The van der Waals surface area contributed by atoms with Crippen LogP contribution < -0.4 is 9.47 Å². The molecule has 1 aromatic carbocycles. The second-order valence-corrected chi connectivity index (χ2v) is 4.90. The number of hydrogen-bond acceptors (Lipinski definition) is 3. The zero-order valence-corrected chi connectivity index (χ0v) is 11.6. The largest absolute Gasteiger partial charge is 0.493 e. The molecule has 0 bridgehead atoms. The average Bonchev–Trinajstić information content (AvgIpc) is 2.25. The molecule has 4 heteroatoms. The minimum absolute atomic E-state index is 0.402. The Labute approximate surface area is 108 Å². The van der Waals surface area contributed by atoms with Gasteiger partial charge in [-0.2, -0.15) is 0 Å². The molecule has 0 aliphatic carbocycles. The van der Waals surface area contributed by atoms with Gasteiger partial charge in [0.1, 0.15) is 5.67 Å². The summed E-state index contributed by atoms with van der Waals surface area (Å²) in [5.41, 5.74) is -0.281. The maximum Gasteiger partial charge on any atom is 0.167 e. The first kappa shape index (κ1) is 14.8. The number of alkyl halides is 1. The number of methoxy groups -OCH3 is 2. The molecule has 1 N–H and O–H groups in total. The van der Waals surface area contributed by atoms with Gasteiger partial charge >= 0.3 is 0 Å². The van der Waals surface area contributed by atoms with Crippen molar-refractivity contribution in [2.24, 2.45) is 0 Å². The van der Waals surface area contributed by atoms with E-state index in [1.165, 1.54) is 28.1 Å². The maximum absolute atomic E-state index is 14.2. The highest BCUT2D eigenvalue weighted by Crippen LogP contribution is 2.40. The third-order valence-electron chi connectivity index (χ3n) is 2.71. The molecule has 0 radical (unpaired) electrons. The van der Waals surface area contributed by atoms with Gasteiger partial charge in [0.25, 0.3) is 0 Å². The summed E-state index contributed by atoms with van der Waals surface area (Å²) < 4.78 is 24.7. The quantitative estimate of drug-likeness (QED) is 0.880. The molecule has 0 spiro atoms. The van der Waals surface area contributed by atoms with Crippen LogP contribution in [0.5, 0.6) is 11.5 Å². The molecule has 3 nitrogen and oxygen atoms in total. The summed E-state index contributed by atoms with van der Waals surface area (Å²) in [6, 6.07) is 3.48. The Kier molecular flexibility index (Phi) is 4.57. The van der Waals surface area contributed by atoms with Crippen molar-refractivity contribution in [1.29, 1.82) is 0 Å². The van der Waals surface area contributed by atoms with Crippen LogP contribution in [0.1, 0.15) is 31.9 Å². The monoisotopic (exact) mass is 256 g/mol. The van der Waals surface area contributed by atoms with E-state index < -0.39 is 11.8 Å². The van der Waals surface area contributed by atoms with Gasteiger partial charge in [0.05, 0.1) is 20.3 Å². The molecule has 1 atom stereocenters. The van der Waals surface area contributed by atoms with Crippen LogP contribution in [-0.4, -0.2) is 25.4 Å². The summed E-state index contributed by atoms with van der Waals surface area (Å²) in [5, 5.41) is 9.42. The van der Waals surface area contributed by atoms with E-state index in [9.17, 15) is 9.50 Å². The summed E-state index contributed by atoms with van der Waals surface area (Å²) in [6.07, 6.45) is -0.0395. The number of rotatable bonds is 5. The second-order valence-electron chi connectivity index (χ2n) is 4.90. The Hall–Kier alpha value is -1.29. The first-order chi connectivity index (χ1) is 8.29. The maximum atomic E-state index is 14.2. The summed E-state index contributed by atoms with van der Waals surface area (Å²) >= 11 is 0. The Morgan fingerprint density at radius 1 is 1.28 bits per heavy atom. The van der Waals surface area contributed by atoms with Crippen molar-refractivity contribution in [2.45, 2.75) is 39.0 Å². The molecule has 1 rings (SSSR count). The highest BCUT2D eigenvalue weighted by Gasteiger charge is 2.26. The van der Waals surface area contributed by atoms with Crippen LogP contribution in [0.25, 0.3) is 0 Å². The number of hydrogen-bond donors (Lipinski definition) is 1. The van der Waals surface area contributed by atoms with Gasteiger partial charge in [-0.1, -0.05) is 0 Å². The predicted molar refractivity (Wildman–Crippen MR) is 69.1 cm³/mol. The van der Waals surface area contributed by atoms with E-state index >= 15 is 0 Å². The molecular formula is C14H21FO3. The van der Waals surface area contributed by atoms with E-state index in [4.69, 9.17) is 9.47 Å². The third kappa shape index (κ3) is 3.35. The van der Waals surface area contributed by atoms with Crippen LogP contribution in [-0.2, 0) is 12.1 Å². The molecule has 1 unspecified atom stereocenters. The van der Waals surface area contributed by atoms with E-state index in [1.54, 1.807) is 19.1 Å². The lowest BCUT2D eigenvalue weighted by Crippen LogP contribution is -2.14. The number of halogens is 1. The SMILES string of the molecule is COc1cc(CC(C)O)cc(C(C)(C)F)c1OC. The van der Waals surface area contributed by atoms with E-state index in [0.717, 1.165) is 5.56 Å². The van der Waals surface area contributed by atoms with Gasteiger partial charge in [0.2, 0.25) is 0 Å². The normalized spacial score (nSPS) is 13.3. The van der Waals surface area contributed by atoms with E-state index in [0.29, 0.717) is 23.5 Å². The van der Waals surface area contributed by atoms with Gasteiger partial charge in [-0.15, -0.1) is 0 Å². The highest BCUT2D eigenvalue weighted by atomic mass is 19.1. The van der Waals surface area contributed by atoms with Crippen molar-refractivity contribution in [3.8, 4) is 11.5 Å². The first-order valence-corrected chi connectivity index (χ1v) is 5.92. The van der Waals surface area contributed by atoms with E-state index in [1.807, 2.05) is 0 Å². The fourth-order valence-corrected chi connectivity index (χ4v) is 1.92. The summed E-state index contributed by atoms with van der Waals surface area (Å²) in [5.74, 6) is 0.885.